The molecule has 0 aliphatic rings. The number of nitrogens with one attached hydrogen (secondary N) is 1. The van der Waals surface area contributed by atoms with Crippen LogP contribution >= 0.6 is 0 Å². The Morgan fingerprint density at radius 3 is 2.40 bits per heavy atom. The van der Waals surface area contributed by atoms with Gasteiger partial charge in [0.25, 0.3) is 5.56 Å². The number of aromatic nitrogens is 2. The first-order chi connectivity index (χ1) is 14.2. The molecule has 0 atom stereocenters. The summed E-state index contributed by atoms with van der Waals surface area (Å²) in [6.07, 6.45) is 0. The highest BCUT2D eigenvalue weighted by Gasteiger charge is 2.22. The number of benzene rings is 1. The lowest BCUT2D eigenvalue weighted by atomic mass is 10.1. The number of anilines is 2. The lowest BCUT2D eigenvalue weighted by Crippen LogP contribution is -2.43. The van der Waals surface area contributed by atoms with Gasteiger partial charge in [-0.25, -0.2) is 4.79 Å². The summed E-state index contributed by atoms with van der Waals surface area (Å²) >= 11 is 0. The summed E-state index contributed by atoms with van der Waals surface area (Å²) in [6, 6.07) is 7.78. The van der Waals surface area contributed by atoms with E-state index in [0.717, 1.165) is 35.5 Å². The van der Waals surface area contributed by atoms with Gasteiger partial charge in [0.05, 0.1) is 6.54 Å². The second-order valence-electron chi connectivity index (χ2n) is 7.81. The number of rotatable bonds is 10. The van der Waals surface area contributed by atoms with Crippen LogP contribution in [0.4, 0.5) is 11.5 Å². The predicted octanol–water partition coefficient (Wildman–Crippen LogP) is 1.92. The Morgan fingerprint density at radius 2 is 1.80 bits per heavy atom. The van der Waals surface area contributed by atoms with Gasteiger partial charge in [0, 0.05) is 25.8 Å². The lowest BCUT2D eigenvalue weighted by Gasteiger charge is -2.20. The van der Waals surface area contributed by atoms with Crippen molar-refractivity contribution in [1.82, 2.24) is 14.0 Å². The SMILES string of the molecule is CCN(CC)Cc1ccccc1NCC(=O)c1c(N)n(CC(C)C)c(=O)n(C)c1=O. The first kappa shape index (κ1) is 23.4. The van der Waals surface area contributed by atoms with Gasteiger partial charge in [0.2, 0.25) is 0 Å². The molecule has 2 rings (SSSR count). The summed E-state index contributed by atoms with van der Waals surface area (Å²) in [5, 5.41) is 3.15. The van der Waals surface area contributed by atoms with Gasteiger partial charge in [0.1, 0.15) is 11.4 Å². The molecule has 164 valence electrons. The number of hydrogen-bond acceptors (Lipinski definition) is 6. The largest absolute Gasteiger partial charge is 0.384 e. The van der Waals surface area contributed by atoms with Crippen molar-refractivity contribution in [2.24, 2.45) is 13.0 Å². The van der Waals surface area contributed by atoms with Crippen LogP contribution in [0, 0.1) is 5.92 Å². The number of nitrogens with two attached hydrogens (primary N) is 1. The second-order valence-corrected chi connectivity index (χ2v) is 7.81. The van der Waals surface area contributed by atoms with Crippen molar-refractivity contribution in [1.29, 1.82) is 0 Å². The fourth-order valence-corrected chi connectivity index (χ4v) is 3.37. The summed E-state index contributed by atoms with van der Waals surface area (Å²) < 4.78 is 2.24. The van der Waals surface area contributed by atoms with Crippen molar-refractivity contribution in [3.8, 4) is 0 Å². The molecule has 0 spiro atoms. The molecule has 0 aliphatic carbocycles. The molecule has 1 aromatic heterocycles. The first-order valence-corrected chi connectivity index (χ1v) is 10.4. The van der Waals surface area contributed by atoms with Gasteiger partial charge in [-0.1, -0.05) is 45.9 Å². The van der Waals surface area contributed by atoms with Gasteiger partial charge < -0.3 is 11.1 Å². The van der Waals surface area contributed by atoms with E-state index in [1.165, 1.54) is 11.6 Å². The van der Waals surface area contributed by atoms with Gasteiger partial charge >= 0.3 is 5.69 Å². The van der Waals surface area contributed by atoms with Crippen molar-refractivity contribution in [2.75, 3.05) is 30.7 Å². The standard InChI is InChI=1S/C22H33N5O3/c1-6-26(7-2)14-16-10-8-9-11-17(16)24-12-18(28)19-20(23)27(13-15(3)4)22(30)25(5)21(19)29/h8-11,15,24H,6-7,12-14,23H2,1-5H3. The molecule has 0 saturated carbocycles. The van der Waals surface area contributed by atoms with E-state index in [1.807, 2.05) is 38.1 Å². The minimum Gasteiger partial charge on any atom is -0.384 e. The number of carbonyl (C=O) groups is 1. The van der Waals surface area contributed by atoms with Crippen LogP contribution in [0.5, 0.6) is 0 Å². The third kappa shape index (κ3) is 5.18. The maximum atomic E-state index is 12.9. The maximum absolute atomic E-state index is 12.9. The Kier molecular flexibility index (Phi) is 8.00. The molecule has 8 nitrogen and oxygen atoms in total. The molecule has 0 radical (unpaired) electrons. The van der Waals surface area contributed by atoms with Crippen LogP contribution in [0.15, 0.2) is 33.9 Å². The van der Waals surface area contributed by atoms with Crippen LogP contribution in [0.2, 0.25) is 0 Å². The minimum atomic E-state index is -0.666. The molecule has 2 aromatic rings. The van der Waals surface area contributed by atoms with Crippen LogP contribution in [-0.2, 0) is 20.1 Å². The Balaban J connectivity index is 2.31. The molecular weight excluding hydrogens is 382 g/mol. The molecule has 0 aliphatic heterocycles. The van der Waals surface area contributed by atoms with Gasteiger partial charge in [-0.3, -0.25) is 23.6 Å². The van der Waals surface area contributed by atoms with Gasteiger partial charge in [-0.05, 0) is 30.6 Å². The molecule has 0 saturated heterocycles. The highest BCUT2D eigenvalue weighted by atomic mass is 16.2. The lowest BCUT2D eigenvalue weighted by molar-refractivity contribution is 0.100. The smallest absolute Gasteiger partial charge is 0.332 e. The average molecular weight is 416 g/mol. The Morgan fingerprint density at radius 1 is 1.17 bits per heavy atom. The second kappa shape index (κ2) is 10.2. The van der Waals surface area contributed by atoms with Crippen molar-refractivity contribution in [3.63, 3.8) is 0 Å². The molecule has 0 amide bonds. The zero-order chi connectivity index (χ0) is 22.4. The van der Waals surface area contributed by atoms with Crippen LogP contribution in [0.3, 0.4) is 0 Å². The van der Waals surface area contributed by atoms with Crippen molar-refractivity contribution < 1.29 is 4.79 Å². The predicted molar refractivity (Wildman–Crippen MR) is 121 cm³/mol. The third-order valence-corrected chi connectivity index (χ3v) is 5.15. The van der Waals surface area contributed by atoms with E-state index in [4.69, 9.17) is 5.73 Å². The molecule has 1 heterocycles. The van der Waals surface area contributed by atoms with E-state index in [0.29, 0.717) is 6.54 Å². The number of hydrogen-bond donors (Lipinski definition) is 2. The van der Waals surface area contributed by atoms with E-state index in [1.54, 1.807) is 0 Å². The zero-order valence-electron chi connectivity index (χ0n) is 18.6. The topological polar surface area (TPSA) is 102 Å². The van der Waals surface area contributed by atoms with Crippen molar-refractivity contribution >= 4 is 17.3 Å². The average Bonchev–Trinajstić information content (AvgIpc) is 2.72. The van der Waals surface area contributed by atoms with Crippen LogP contribution in [0.25, 0.3) is 0 Å². The van der Waals surface area contributed by atoms with Crippen molar-refractivity contribution in [2.45, 2.75) is 40.8 Å². The quantitative estimate of drug-likeness (QED) is 0.575. The number of ketones is 1. The van der Waals surface area contributed by atoms with E-state index in [2.05, 4.69) is 24.1 Å². The highest BCUT2D eigenvalue weighted by Crippen LogP contribution is 2.17. The van der Waals surface area contributed by atoms with Crippen LogP contribution in [0.1, 0.15) is 43.6 Å². The van der Waals surface area contributed by atoms with E-state index in [-0.39, 0.29) is 23.8 Å². The number of para-hydroxylation sites is 1. The zero-order valence-corrected chi connectivity index (χ0v) is 18.6. The molecule has 0 fully saturated rings. The van der Waals surface area contributed by atoms with E-state index >= 15 is 0 Å². The molecule has 30 heavy (non-hydrogen) atoms. The van der Waals surface area contributed by atoms with E-state index in [9.17, 15) is 14.4 Å². The molecular formula is C22H33N5O3. The minimum absolute atomic E-state index is 0.0694. The normalized spacial score (nSPS) is 11.3. The molecule has 0 unspecified atom stereocenters. The Bertz CT molecular complexity index is 1000. The van der Waals surface area contributed by atoms with Gasteiger partial charge in [0.15, 0.2) is 5.78 Å². The molecule has 1 aromatic carbocycles. The van der Waals surface area contributed by atoms with Crippen molar-refractivity contribution in [3.05, 3.63) is 56.2 Å². The number of Topliss-reactive ketones (excluding diaryl/α,β-unsaturated/α-hetero) is 1. The summed E-state index contributed by atoms with van der Waals surface area (Å²) in [7, 11) is 1.37. The number of carbonyl (C=O) groups excluding carboxylic acids is 1. The Hall–Kier alpha value is -2.87. The highest BCUT2D eigenvalue weighted by molar-refractivity contribution is 6.02. The molecule has 8 heteroatoms. The van der Waals surface area contributed by atoms with Gasteiger partial charge in [-0.15, -0.1) is 0 Å². The summed E-state index contributed by atoms with van der Waals surface area (Å²) in [4.78, 5) is 40.2. The Labute approximate surface area is 177 Å². The fourth-order valence-electron chi connectivity index (χ4n) is 3.37. The molecule has 3 N–H and O–H groups in total. The molecule has 0 bridgehead atoms. The maximum Gasteiger partial charge on any atom is 0.332 e. The first-order valence-electron chi connectivity index (χ1n) is 10.4. The van der Waals surface area contributed by atoms with Crippen LogP contribution in [-0.4, -0.2) is 39.5 Å². The third-order valence-electron chi connectivity index (χ3n) is 5.15. The summed E-state index contributed by atoms with van der Waals surface area (Å²) in [6.45, 7) is 10.9. The number of nitrogens with zero attached hydrogens (tertiary/aromatic N) is 3. The van der Waals surface area contributed by atoms with Gasteiger partial charge in [-0.2, -0.15) is 0 Å². The monoisotopic (exact) mass is 415 g/mol. The number of nitrogen functional groups attached to an aromatic ring is 1. The summed E-state index contributed by atoms with van der Waals surface area (Å²) in [5.74, 6) is -0.376. The van der Waals surface area contributed by atoms with E-state index < -0.39 is 17.0 Å². The van der Waals surface area contributed by atoms with Crippen LogP contribution < -0.4 is 22.3 Å². The fraction of sp³-hybridized carbons (Fsp3) is 0.500. The summed E-state index contributed by atoms with van der Waals surface area (Å²) in [5.41, 5.74) is 6.68.